The van der Waals surface area contributed by atoms with Gasteiger partial charge in [0, 0.05) is 11.7 Å². The van der Waals surface area contributed by atoms with Gasteiger partial charge >= 0.3 is 0 Å². The van der Waals surface area contributed by atoms with E-state index in [0.717, 1.165) is 5.69 Å². The molecule has 2 nitrogen and oxygen atoms in total. The molecule has 0 amide bonds. The lowest BCUT2D eigenvalue weighted by Gasteiger charge is -2.11. The molecule has 1 atom stereocenters. The normalized spacial score (nSPS) is 11.9. The second kappa shape index (κ2) is 4.83. The summed E-state index contributed by atoms with van der Waals surface area (Å²) in [4.78, 5) is 0. The molecule has 0 bridgehead atoms. The highest BCUT2D eigenvalue weighted by atomic mass is 35.5. The van der Waals surface area contributed by atoms with Crippen LogP contribution in [0.5, 0.6) is 0 Å². The van der Waals surface area contributed by atoms with Crippen LogP contribution in [0.3, 0.4) is 0 Å². The van der Waals surface area contributed by atoms with Gasteiger partial charge in [0.15, 0.2) is 0 Å². The fourth-order valence-corrected chi connectivity index (χ4v) is 1.24. The summed E-state index contributed by atoms with van der Waals surface area (Å²) in [6, 6.07) is 6.47. The van der Waals surface area contributed by atoms with Gasteiger partial charge in [-0.1, -0.05) is 11.6 Å². The van der Waals surface area contributed by atoms with Crippen LogP contribution in [0.25, 0.3) is 0 Å². The highest BCUT2D eigenvalue weighted by Gasteiger charge is 2.03. The van der Waals surface area contributed by atoms with E-state index in [1.807, 2.05) is 13.0 Å². The Morgan fingerprint density at radius 1 is 1.64 bits per heavy atom. The lowest BCUT2D eigenvalue weighted by molar-refractivity contribution is 0.628. The number of hydrogen-bond acceptors (Lipinski definition) is 2. The standard InChI is InChI=1S/C10H10ClFN2/c1-7(4-5-13)14-8-2-3-10(12)9(11)6-8/h2-3,6-7,14H,4H2,1H3. The summed E-state index contributed by atoms with van der Waals surface area (Å²) in [5.74, 6) is -0.440. The molecule has 0 aliphatic carbocycles. The molecular formula is C10H10ClFN2. The van der Waals surface area contributed by atoms with Crippen molar-refractivity contribution in [3.05, 3.63) is 29.0 Å². The van der Waals surface area contributed by atoms with Crippen molar-refractivity contribution in [3.63, 3.8) is 0 Å². The molecule has 0 aromatic heterocycles. The molecule has 4 heteroatoms. The Bertz CT molecular complexity index is 360. The van der Waals surface area contributed by atoms with E-state index in [9.17, 15) is 4.39 Å². The van der Waals surface area contributed by atoms with Crippen molar-refractivity contribution in [2.45, 2.75) is 19.4 Å². The van der Waals surface area contributed by atoms with Gasteiger partial charge in [-0.2, -0.15) is 5.26 Å². The van der Waals surface area contributed by atoms with E-state index in [1.54, 1.807) is 6.07 Å². The number of nitrogens with zero attached hydrogens (tertiary/aromatic N) is 1. The van der Waals surface area contributed by atoms with E-state index in [0.29, 0.717) is 6.42 Å². The monoisotopic (exact) mass is 212 g/mol. The summed E-state index contributed by atoms with van der Waals surface area (Å²) in [5, 5.41) is 11.6. The predicted molar refractivity (Wildman–Crippen MR) is 54.7 cm³/mol. The zero-order valence-electron chi connectivity index (χ0n) is 7.72. The van der Waals surface area contributed by atoms with Crippen LogP contribution in [0.2, 0.25) is 5.02 Å². The van der Waals surface area contributed by atoms with Crippen LogP contribution in [-0.4, -0.2) is 6.04 Å². The van der Waals surface area contributed by atoms with E-state index in [4.69, 9.17) is 16.9 Å². The molecule has 0 saturated carbocycles. The van der Waals surface area contributed by atoms with E-state index < -0.39 is 5.82 Å². The highest BCUT2D eigenvalue weighted by Crippen LogP contribution is 2.20. The maximum Gasteiger partial charge on any atom is 0.141 e. The Hall–Kier alpha value is -1.27. The molecule has 0 spiro atoms. The number of nitrogens with one attached hydrogen (secondary N) is 1. The fourth-order valence-electron chi connectivity index (χ4n) is 1.06. The average Bonchev–Trinajstić information content (AvgIpc) is 2.12. The molecular weight excluding hydrogens is 203 g/mol. The van der Waals surface area contributed by atoms with Gasteiger partial charge in [-0.15, -0.1) is 0 Å². The minimum atomic E-state index is -0.440. The van der Waals surface area contributed by atoms with Gasteiger partial charge in [-0.3, -0.25) is 0 Å². The summed E-state index contributed by atoms with van der Waals surface area (Å²) < 4.78 is 12.8. The van der Waals surface area contributed by atoms with Crippen LogP contribution in [0.15, 0.2) is 18.2 Å². The van der Waals surface area contributed by atoms with Crippen molar-refractivity contribution < 1.29 is 4.39 Å². The second-order valence-corrected chi connectivity index (χ2v) is 3.44. The smallest absolute Gasteiger partial charge is 0.141 e. The number of anilines is 1. The maximum atomic E-state index is 12.8. The van der Waals surface area contributed by atoms with Crippen molar-refractivity contribution in [2.24, 2.45) is 0 Å². The zero-order chi connectivity index (χ0) is 10.6. The molecule has 0 saturated heterocycles. The number of hydrogen-bond donors (Lipinski definition) is 1. The number of nitriles is 1. The van der Waals surface area contributed by atoms with Crippen molar-refractivity contribution in [2.75, 3.05) is 5.32 Å². The average molecular weight is 213 g/mol. The van der Waals surface area contributed by atoms with Gasteiger partial charge < -0.3 is 5.32 Å². The first-order chi connectivity index (χ1) is 6.63. The third-order valence-corrected chi connectivity index (χ3v) is 2.02. The Balaban J connectivity index is 2.69. The molecule has 0 aliphatic heterocycles. The Morgan fingerprint density at radius 2 is 2.36 bits per heavy atom. The molecule has 1 N–H and O–H groups in total. The highest BCUT2D eigenvalue weighted by molar-refractivity contribution is 6.31. The van der Waals surface area contributed by atoms with E-state index in [1.165, 1.54) is 12.1 Å². The first kappa shape index (κ1) is 10.8. The van der Waals surface area contributed by atoms with Crippen LogP contribution in [0.4, 0.5) is 10.1 Å². The number of rotatable bonds is 3. The quantitative estimate of drug-likeness (QED) is 0.835. The van der Waals surface area contributed by atoms with E-state index in [2.05, 4.69) is 5.32 Å². The second-order valence-electron chi connectivity index (χ2n) is 3.04. The third kappa shape index (κ3) is 2.90. The summed E-state index contributed by atoms with van der Waals surface area (Å²) >= 11 is 5.59. The minimum Gasteiger partial charge on any atom is -0.382 e. The summed E-state index contributed by atoms with van der Waals surface area (Å²) in [6.07, 6.45) is 0.398. The summed E-state index contributed by atoms with van der Waals surface area (Å²) in [7, 11) is 0. The third-order valence-electron chi connectivity index (χ3n) is 1.73. The van der Waals surface area contributed by atoms with Crippen molar-refractivity contribution in [1.29, 1.82) is 5.26 Å². The van der Waals surface area contributed by atoms with E-state index >= 15 is 0 Å². The number of benzene rings is 1. The molecule has 1 aromatic rings. The molecule has 0 fully saturated rings. The van der Waals surface area contributed by atoms with Gasteiger partial charge in [-0.05, 0) is 25.1 Å². The Kier molecular flexibility index (Phi) is 3.73. The molecule has 0 radical (unpaired) electrons. The maximum absolute atomic E-state index is 12.8. The lowest BCUT2D eigenvalue weighted by atomic mass is 10.2. The Labute approximate surface area is 87.3 Å². The Morgan fingerprint density at radius 3 is 2.93 bits per heavy atom. The molecule has 74 valence electrons. The molecule has 1 aromatic carbocycles. The van der Waals surface area contributed by atoms with E-state index in [-0.39, 0.29) is 11.1 Å². The van der Waals surface area contributed by atoms with Crippen LogP contribution in [0, 0.1) is 17.1 Å². The van der Waals surface area contributed by atoms with Crippen molar-refractivity contribution in [1.82, 2.24) is 0 Å². The molecule has 14 heavy (non-hydrogen) atoms. The first-order valence-corrected chi connectivity index (χ1v) is 4.60. The van der Waals surface area contributed by atoms with Crippen LogP contribution in [-0.2, 0) is 0 Å². The van der Waals surface area contributed by atoms with Crippen molar-refractivity contribution in [3.8, 4) is 6.07 Å². The van der Waals surface area contributed by atoms with Gasteiger partial charge in [0.05, 0.1) is 17.5 Å². The fraction of sp³-hybridized carbons (Fsp3) is 0.300. The zero-order valence-corrected chi connectivity index (χ0v) is 8.48. The SMILES string of the molecule is CC(CC#N)Nc1ccc(F)c(Cl)c1. The first-order valence-electron chi connectivity index (χ1n) is 4.22. The van der Waals surface area contributed by atoms with Gasteiger partial charge in [0.1, 0.15) is 5.82 Å². The molecule has 0 aliphatic rings. The van der Waals surface area contributed by atoms with Gasteiger partial charge in [0.25, 0.3) is 0 Å². The van der Waals surface area contributed by atoms with Gasteiger partial charge in [-0.25, -0.2) is 4.39 Å². The summed E-state index contributed by atoms with van der Waals surface area (Å²) in [6.45, 7) is 1.88. The predicted octanol–water partition coefficient (Wildman–Crippen LogP) is 3.19. The topological polar surface area (TPSA) is 35.8 Å². The molecule has 0 heterocycles. The van der Waals surface area contributed by atoms with Crippen LogP contribution >= 0.6 is 11.6 Å². The van der Waals surface area contributed by atoms with Gasteiger partial charge in [0.2, 0.25) is 0 Å². The van der Waals surface area contributed by atoms with Crippen LogP contribution < -0.4 is 5.32 Å². The minimum absolute atomic E-state index is 0.0292. The number of halogens is 2. The molecule has 1 rings (SSSR count). The largest absolute Gasteiger partial charge is 0.382 e. The lowest BCUT2D eigenvalue weighted by Crippen LogP contribution is -2.13. The van der Waals surface area contributed by atoms with Crippen molar-refractivity contribution >= 4 is 17.3 Å². The summed E-state index contributed by atoms with van der Waals surface area (Å²) in [5.41, 5.74) is 0.721. The molecule has 1 unspecified atom stereocenters. The van der Waals surface area contributed by atoms with Crippen LogP contribution in [0.1, 0.15) is 13.3 Å².